The molecule has 4 saturated heterocycles. The summed E-state index contributed by atoms with van der Waals surface area (Å²) in [4.78, 5) is 35.8. The van der Waals surface area contributed by atoms with Gasteiger partial charge in [-0.15, -0.1) is 11.3 Å². The van der Waals surface area contributed by atoms with Gasteiger partial charge in [0.1, 0.15) is 23.4 Å². The number of thiophene rings is 1. The van der Waals surface area contributed by atoms with Crippen molar-refractivity contribution in [1.82, 2.24) is 24.8 Å². The zero-order valence-corrected chi connectivity index (χ0v) is 27.1. The topological polar surface area (TPSA) is 136 Å². The lowest BCUT2D eigenvalue weighted by molar-refractivity contribution is -0.228. The van der Waals surface area contributed by atoms with E-state index in [0.717, 1.165) is 13.1 Å². The molecule has 1 N–H and O–H groups in total. The highest BCUT2D eigenvalue weighted by atomic mass is 32.1. The number of nitrogens with zero attached hydrogens (tertiary/aromatic N) is 7. The van der Waals surface area contributed by atoms with Crippen LogP contribution in [0.1, 0.15) is 31.2 Å². The van der Waals surface area contributed by atoms with E-state index in [9.17, 15) is 18.7 Å². The van der Waals surface area contributed by atoms with Crippen LogP contribution in [0.5, 0.6) is 5.88 Å². The molecule has 0 aliphatic carbocycles. The number of carboxylic acid groups (broad SMARTS) is 1. The molecule has 7 rings (SSSR count). The molecule has 0 radical (unpaired) electrons. The summed E-state index contributed by atoms with van der Waals surface area (Å²) < 4.78 is 51.3. The van der Waals surface area contributed by atoms with Crippen LogP contribution in [0.2, 0.25) is 0 Å². The Kier molecular flexibility index (Phi) is 9.38. The van der Waals surface area contributed by atoms with Crippen molar-refractivity contribution in [3.63, 3.8) is 0 Å². The second-order valence-electron chi connectivity index (χ2n) is 12.1. The van der Waals surface area contributed by atoms with Crippen molar-refractivity contribution in [2.45, 2.75) is 43.6 Å². The first-order valence-electron chi connectivity index (χ1n) is 15.8. The van der Waals surface area contributed by atoms with E-state index in [2.05, 4.69) is 48.5 Å². The molecule has 4 fully saturated rings. The van der Waals surface area contributed by atoms with Gasteiger partial charge in [-0.3, -0.25) is 4.90 Å². The van der Waals surface area contributed by atoms with E-state index in [1.807, 2.05) is 6.07 Å². The number of morpholine rings is 2. The van der Waals surface area contributed by atoms with Gasteiger partial charge in [0.25, 0.3) is 6.43 Å². The van der Waals surface area contributed by atoms with Crippen LogP contribution in [0, 0.1) is 11.8 Å². The van der Waals surface area contributed by atoms with Gasteiger partial charge in [0.05, 0.1) is 57.0 Å². The summed E-state index contributed by atoms with van der Waals surface area (Å²) in [6, 6.07) is 4.22. The van der Waals surface area contributed by atoms with E-state index in [1.54, 1.807) is 23.7 Å². The number of carbonyl (C=O) groups is 1. The van der Waals surface area contributed by atoms with Crippen molar-refractivity contribution in [2.24, 2.45) is 0 Å². The molecule has 0 saturated carbocycles. The summed E-state index contributed by atoms with van der Waals surface area (Å²) >= 11 is 1.29. The number of ether oxygens (including phenoxy) is 4. The van der Waals surface area contributed by atoms with Crippen molar-refractivity contribution in [2.75, 3.05) is 75.6 Å². The van der Waals surface area contributed by atoms with Crippen LogP contribution in [-0.4, -0.2) is 125 Å². The lowest BCUT2D eigenvalue weighted by Crippen LogP contribution is -2.68. The minimum Gasteiger partial charge on any atom is -0.480 e. The number of hydrogen-bond donors (Lipinski definition) is 1. The Hall–Kier alpha value is -4.01. The first-order valence-corrected chi connectivity index (χ1v) is 16.7. The molecule has 48 heavy (non-hydrogen) atoms. The number of aliphatic carboxylic acids is 1. The molecule has 16 heteroatoms. The molecule has 1 spiro atoms. The fourth-order valence-corrected chi connectivity index (χ4v) is 7.00. The molecule has 0 unspecified atom stereocenters. The predicted octanol–water partition coefficient (Wildman–Crippen LogP) is 2.72. The average Bonchev–Trinajstić information content (AvgIpc) is 3.77. The van der Waals surface area contributed by atoms with Crippen molar-refractivity contribution in [3.8, 4) is 28.4 Å². The molecule has 3 aromatic heterocycles. The molecule has 13 nitrogen and oxygen atoms in total. The molecular formula is C32H35F2N7O6S. The fraction of sp³-hybridized carbons (Fsp3) is 0.531. The number of rotatable bonds is 8. The van der Waals surface area contributed by atoms with E-state index >= 15 is 0 Å². The van der Waals surface area contributed by atoms with Crippen molar-refractivity contribution in [3.05, 3.63) is 41.2 Å². The Labute approximate surface area is 279 Å². The lowest BCUT2D eigenvalue weighted by atomic mass is 9.90. The van der Waals surface area contributed by atoms with Crippen LogP contribution < -0.4 is 14.5 Å². The van der Waals surface area contributed by atoms with Crippen LogP contribution in [0.25, 0.3) is 10.7 Å². The minimum atomic E-state index is -2.97. The van der Waals surface area contributed by atoms with E-state index in [1.165, 1.54) is 16.2 Å². The second-order valence-corrected chi connectivity index (χ2v) is 13.0. The van der Waals surface area contributed by atoms with Crippen molar-refractivity contribution < 1.29 is 37.6 Å². The maximum absolute atomic E-state index is 13.9. The third-order valence-electron chi connectivity index (χ3n) is 9.08. The Balaban J connectivity index is 1.17. The molecule has 254 valence electrons. The van der Waals surface area contributed by atoms with E-state index in [4.69, 9.17) is 18.9 Å². The van der Waals surface area contributed by atoms with Gasteiger partial charge in [-0.1, -0.05) is 17.9 Å². The standard InChI is InChI=1S/C32H35F2N7O6S/c1-20-32(18-45-19-32)46-12-9-40(20)23-14-21(4-2-6-39-7-10-44-11-8-39)16-35-29(23)47-22-15-24(30(42)43)41(17-22)31-37-27(25-5-3-13-48-25)36-28(38-31)26(33)34/h3,5,13-14,16,20,22,24,26H,6-12,15,17-19H2,1H3,(H,42,43)/t20-,22-,24-/m0/s1. The monoisotopic (exact) mass is 683 g/mol. The summed E-state index contributed by atoms with van der Waals surface area (Å²) in [6.07, 6.45) is -1.93. The SMILES string of the molecule is C[C@@H]1N(c2cc(C#CCN3CCOCC3)cnc2O[C@H]2C[C@@H](C(=O)O)N(c3nc(-c4cccs4)nc(C(F)F)n3)C2)CCOC12COC2. The van der Waals surface area contributed by atoms with Crippen LogP contribution >= 0.6 is 11.3 Å². The van der Waals surface area contributed by atoms with E-state index in [0.29, 0.717) is 68.1 Å². The van der Waals surface area contributed by atoms with Crippen molar-refractivity contribution in [1.29, 1.82) is 0 Å². The lowest BCUT2D eigenvalue weighted by Gasteiger charge is -2.53. The predicted molar refractivity (Wildman–Crippen MR) is 171 cm³/mol. The molecule has 0 amide bonds. The molecular weight excluding hydrogens is 648 g/mol. The molecule has 0 bridgehead atoms. The number of pyridine rings is 1. The first-order chi connectivity index (χ1) is 23.3. The highest BCUT2D eigenvalue weighted by Gasteiger charge is 2.50. The summed E-state index contributed by atoms with van der Waals surface area (Å²) in [5.74, 6) is 4.84. The van der Waals surface area contributed by atoms with Crippen LogP contribution in [0.4, 0.5) is 20.4 Å². The maximum atomic E-state index is 13.9. The molecule has 4 aliphatic rings. The molecule has 4 aliphatic heterocycles. The fourth-order valence-electron chi connectivity index (χ4n) is 6.34. The minimum absolute atomic E-state index is 0.0339. The van der Waals surface area contributed by atoms with Gasteiger partial charge in [-0.25, -0.2) is 23.5 Å². The van der Waals surface area contributed by atoms with Gasteiger partial charge in [0, 0.05) is 37.8 Å². The molecule has 7 heterocycles. The number of hydrogen-bond acceptors (Lipinski definition) is 13. The summed E-state index contributed by atoms with van der Waals surface area (Å²) in [7, 11) is 0. The molecule has 3 aromatic rings. The molecule has 3 atom stereocenters. The summed E-state index contributed by atoms with van der Waals surface area (Å²) in [5.41, 5.74) is 0.971. The first kappa shape index (κ1) is 32.5. The number of carboxylic acids is 1. The van der Waals surface area contributed by atoms with Gasteiger partial charge in [0.2, 0.25) is 17.7 Å². The third-order valence-corrected chi connectivity index (χ3v) is 9.95. The normalized spacial score (nSPS) is 24.0. The van der Waals surface area contributed by atoms with Crippen LogP contribution in [0.15, 0.2) is 29.8 Å². The molecule has 0 aromatic carbocycles. The van der Waals surface area contributed by atoms with Gasteiger partial charge in [0.15, 0.2) is 5.82 Å². The smallest absolute Gasteiger partial charge is 0.326 e. The highest BCUT2D eigenvalue weighted by molar-refractivity contribution is 7.13. The van der Waals surface area contributed by atoms with Gasteiger partial charge in [-0.2, -0.15) is 9.97 Å². The van der Waals surface area contributed by atoms with E-state index in [-0.39, 0.29) is 30.8 Å². The number of anilines is 2. The average molecular weight is 684 g/mol. The highest BCUT2D eigenvalue weighted by Crippen LogP contribution is 2.39. The summed E-state index contributed by atoms with van der Waals surface area (Å²) in [6.45, 7) is 7.78. The van der Waals surface area contributed by atoms with E-state index < -0.39 is 36.0 Å². The maximum Gasteiger partial charge on any atom is 0.326 e. The largest absolute Gasteiger partial charge is 0.480 e. The quantitative estimate of drug-likeness (QED) is 0.349. The Bertz CT molecular complexity index is 1680. The number of alkyl halides is 2. The third kappa shape index (κ3) is 6.65. The van der Waals surface area contributed by atoms with Crippen LogP contribution in [-0.2, 0) is 19.0 Å². The van der Waals surface area contributed by atoms with Gasteiger partial charge < -0.3 is 33.9 Å². The van der Waals surface area contributed by atoms with Gasteiger partial charge in [-0.05, 0) is 24.4 Å². The zero-order valence-electron chi connectivity index (χ0n) is 26.3. The Morgan fingerprint density at radius 1 is 1.17 bits per heavy atom. The summed E-state index contributed by atoms with van der Waals surface area (Å²) in [5, 5.41) is 11.9. The zero-order chi connectivity index (χ0) is 33.3. The van der Waals surface area contributed by atoms with Crippen LogP contribution in [0.3, 0.4) is 0 Å². The van der Waals surface area contributed by atoms with Gasteiger partial charge >= 0.3 is 5.97 Å². The number of halogens is 2. The Morgan fingerprint density at radius 3 is 2.71 bits per heavy atom. The second kappa shape index (κ2) is 13.8. The van der Waals surface area contributed by atoms with Crippen molar-refractivity contribution >= 4 is 28.9 Å². The Morgan fingerprint density at radius 2 is 2.00 bits per heavy atom. The number of aromatic nitrogens is 4.